The number of β-lactam (4-membered cyclic amide) rings is 1. The number of benzene rings is 1. The summed E-state index contributed by atoms with van der Waals surface area (Å²) in [6.07, 6.45) is 0. The van der Waals surface area contributed by atoms with Crippen LogP contribution in [0.4, 0.5) is 0 Å². The van der Waals surface area contributed by atoms with E-state index in [1.807, 2.05) is 19.9 Å². The molecule has 4 atom stereocenters. The Labute approximate surface area is 150 Å². The van der Waals surface area contributed by atoms with E-state index in [9.17, 15) is 14.4 Å². The topological polar surface area (TPSA) is 102 Å². The number of hydrogen-bond acceptors (Lipinski definition) is 6. The minimum Gasteiger partial charge on any atom is -0.467 e. The highest BCUT2D eigenvalue weighted by Gasteiger charge is 2.64. The average Bonchev–Trinajstić information content (AvgIpc) is 2.86. The molecule has 2 heterocycles. The second kappa shape index (κ2) is 6.34. The van der Waals surface area contributed by atoms with Crippen molar-refractivity contribution in [3.05, 3.63) is 35.9 Å². The SMILES string of the molecule is COC(=O)C1N2C(=O)C(NC(=O)C(N)c3ccccc3)C2SC1(C)C. The molecular weight excluding hydrogens is 342 g/mol. The van der Waals surface area contributed by atoms with Crippen LogP contribution in [0.3, 0.4) is 0 Å². The molecule has 1 aromatic rings. The highest BCUT2D eigenvalue weighted by atomic mass is 32.2. The van der Waals surface area contributed by atoms with Crippen LogP contribution in [0.1, 0.15) is 25.5 Å². The summed E-state index contributed by atoms with van der Waals surface area (Å²) in [6.45, 7) is 3.78. The van der Waals surface area contributed by atoms with Crippen molar-refractivity contribution in [1.82, 2.24) is 10.2 Å². The van der Waals surface area contributed by atoms with E-state index in [2.05, 4.69) is 5.32 Å². The van der Waals surface area contributed by atoms with Crippen LogP contribution in [-0.2, 0) is 19.1 Å². The van der Waals surface area contributed by atoms with Gasteiger partial charge in [0, 0.05) is 4.75 Å². The van der Waals surface area contributed by atoms with Crippen LogP contribution in [0.15, 0.2) is 30.3 Å². The van der Waals surface area contributed by atoms with Crippen LogP contribution in [0.2, 0.25) is 0 Å². The molecule has 8 heteroatoms. The number of fused-ring (bicyclic) bond motifs is 1. The molecule has 3 N–H and O–H groups in total. The fraction of sp³-hybridized carbons (Fsp3) is 0.471. The number of amides is 2. The lowest BCUT2D eigenvalue weighted by Gasteiger charge is -2.44. The Morgan fingerprint density at radius 2 is 1.96 bits per heavy atom. The van der Waals surface area contributed by atoms with Crippen molar-refractivity contribution < 1.29 is 19.1 Å². The quantitative estimate of drug-likeness (QED) is 0.593. The summed E-state index contributed by atoms with van der Waals surface area (Å²) in [7, 11) is 1.30. The van der Waals surface area contributed by atoms with Crippen LogP contribution in [0.25, 0.3) is 0 Å². The lowest BCUT2D eigenvalue weighted by Crippen LogP contribution is -2.71. The second-order valence-electron chi connectivity index (χ2n) is 6.66. The summed E-state index contributed by atoms with van der Waals surface area (Å²) in [5.41, 5.74) is 6.66. The summed E-state index contributed by atoms with van der Waals surface area (Å²) in [4.78, 5) is 38.5. The number of carbonyl (C=O) groups excluding carboxylic acids is 3. The first-order valence-electron chi connectivity index (χ1n) is 7.96. The van der Waals surface area contributed by atoms with Gasteiger partial charge in [-0.05, 0) is 19.4 Å². The number of methoxy groups -OCH3 is 1. The zero-order valence-corrected chi connectivity index (χ0v) is 15.1. The molecule has 1 aromatic carbocycles. The van der Waals surface area contributed by atoms with Crippen LogP contribution < -0.4 is 11.1 Å². The molecule has 3 rings (SSSR count). The normalized spacial score (nSPS) is 27.9. The molecule has 2 fully saturated rings. The van der Waals surface area contributed by atoms with Gasteiger partial charge in [0.05, 0.1) is 7.11 Å². The largest absolute Gasteiger partial charge is 0.467 e. The van der Waals surface area contributed by atoms with E-state index in [0.29, 0.717) is 5.56 Å². The van der Waals surface area contributed by atoms with Gasteiger partial charge in [0.1, 0.15) is 23.5 Å². The minimum absolute atomic E-state index is 0.285. The van der Waals surface area contributed by atoms with Gasteiger partial charge >= 0.3 is 5.97 Å². The predicted molar refractivity (Wildman–Crippen MR) is 93.4 cm³/mol. The standard InChI is InChI=1S/C17H21N3O4S/c1-17(2)12(16(23)24-3)20-14(22)11(15(20)25-17)19-13(21)10(18)9-7-5-4-6-8-9/h4-8,10-12,15H,18H2,1-3H3,(H,19,21). The van der Waals surface area contributed by atoms with E-state index in [0.717, 1.165) is 0 Å². The Morgan fingerprint density at radius 1 is 1.32 bits per heavy atom. The fourth-order valence-electron chi connectivity index (χ4n) is 3.29. The third kappa shape index (κ3) is 2.89. The number of thioether (sulfide) groups is 1. The average molecular weight is 363 g/mol. The van der Waals surface area contributed by atoms with Crippen LogP contribution in [0.5, 0.6) is 0 Å². The first-order valence-corrected chi connectivity index (χ1v) is 8.84. The predicted octanol–water partition coefficient (Wildman–Crippen LogP) is 0.407. The highest BCUT2D eigenvalue weighted by molar-refractivity contribution is 8.01. The molecule has 0 bridgehead atoms. The van der Waals surface area contributed by atoms with Crippen LogP contribution in [0, 0.1) is 0 Å². The van der Waals surface area contributed by atoms with Gasteiger partial charge in [-0.25, -0.2) is 4.79 Å². The molecule has 0 aromatic heterocycles. The molecular formula is C17H21N3O4S. The molecule has 2 aliphatic rings. The van der Waals surface area contributed by atoms with Gasteiger partial charge in [-0.2, -0.15) is 0 Å². The number of esters is 1. The minimum atomic E-state index is -0.848. The fourth-order valence-corrected chi connectivity index (χ4v) is 4.91. The molecule has 7 nitrogen and oxygen atoms in total. The molecule has 2 amide bonds. The van der Waals surface area contributed by atoms with Gasteiger partial charge in [0.2, 0.25) is 11.8 Å². The molecule has 134 valence electrons. The van der Waals surface area contributed by atoms with Gasteiger partial charge < -0.3 is 20.7 Å². The molecule has 4 unspecified atom stereocenters. The summed E-state index contributed by atoms with van der Waals surface area (Å²) < 4.78 is 4.34. The summed E-state index contributed by atoms with van der Waals surface area (Å²) in [6, 6.07) is 6.78. The van der Waals surface area contributed by atoms with Crippen molar-refractivity contribution in [1.29, 1.82) is 0 Å². The molecule has 0 aliphatic carbocycles. The second-order valence-corrected chi connectivity index (χ2v) is 8.43. The Morgan fingerprint density at radius 3 is 2.56 bits per heavy atom. The summed E-state index contributed by atoms with van der Waals surface area (Å²) in [5, 5.41) is 2.43. The van der Waals surface area contributed by atoms with Gasteiger partial charge in [0.25, 0.3) is 0 Å². The number of hydrogen-bond donors (Lipinski definition) is 2. The molecule has 0 spiro atoms. The monoisotopic (exact) mass is 363 g/mol. The Balaban J connectivity index is 1.71. The van der Waals surface area contributed by atoms with Gasteiger partial charge in [-0.15, -0.1) is 11.8 Å². The van der Waals surface area contributed by atoms with Crippen molar-refractivity contribution in [3.63, 3.8) is 0 Å². The van der Waals surface area contributed by atoms with E-state index in [-0.39, 0.29) is 11.3 Å². The summed E-state index contributed by atoms with van der Waals surface area (Å²) >= 11 is 1.48. The first kappa shape index (κ1) is 17.8. The van der Waals surface area contributed by atoms with E-state index in [1.165, 1.54) is 23.8 Å². The maximum Gasteiger partial charge on any atom is 0.330 e. The van der Waals surface area contributed by atoms with Crippen molar-refractivity contribution in [2.24, 2.45) is 5.73 Å². The van der Waals surface area contributed by atoms with Gasteiger partial charge in [0.15, 0.2) is 0 Å². The summed E-state index contributed by atoms with van der Waals surface area (Å²) in [5.74, 6) is -1.14. The van der Waals surface area contributed by atoms with Crippen LogP contribution in [-0.4, -0.2) is 52.0 Å². The molecule has 2 saturated heterocycles. The third-order valence-electron chi connectivity index (χ3n) is 4.60. The van der Waals surface area contributed by atoms with E-state index < -0.39 is 34.7 Å². The zero-order chi connectivity index (χ0) is 18.4. The maximum absolute atomic E-state index is 12.5. The molecule has 25 heavy (non-hydrogen) atoms. The molecule has 0 radical (unpaired) electrons. The number of ether oxygens (including phenoxy) is 1. The first-order chi connectivity index (χ1) is 11.8. The van der Waals surface area contributed by atoms with E-state index >= 15 is 0 Å². The van der Waals surface area contributed by atoms with E-state index in [1.54, 1.807) is 24.3 Å². The third-order valence-corrected chi connectivity index (χ3v) is 6.18. The Bertz CT molecular complexity index is 709. The number of rotatable bonds is 4. The van der Waals surface area contributed by atoms with Crippen molar-refractivity contribution in [3.8, 4) is 0 Å². The van der Waals surface area contributed by atoms with Crippen LogP contribution >= 0.6 is 11.8 Å². The molecule has 0 saturated carbocycles. The Hall–Kier alpha value is -2.06. The Kier molecular flexibility index (Phi) is 4.51. The maximum atomic E-state index is 12.5. The lowest BCUT2D eigenvalue weighted by atomic mass is 9.95. The smallest absolute Gasteiger partial charge is 0.330 e. The van der Waals surface area contributed by atoms with Gasteiger partial charge in [-0.3, -0.25) is 9.59 Å². The number of carbonyl (C=O) groups is 3. The molecule has 2 aliphatic heterocycles. The van der Waals surface area contributed by atoms with Gasteiger partial charge in [-0.1, -0.05) is 30.3 Å². The lowest BCUT2D eigenvalue weighted by molar-refractivity contribution is -0.162. The van der Waals surface area contributed by atoms with E-state index in [4.69, 9.17) is 10.5 Å². The number of nitrogens with one attached hydrogen (secondary N) is 1. The van der Waals surface area contributed by atoms with Crippen molar-refractivity contribution in [2.75, 3.05) is 7.11 Å². The number of nitrogens with zero attached hydrogens (tertiary/aromatic N) is 1. The zero-order valence-electron chi connectivity index (χ0n) is 14.3. The van der Waals surface area contributed by atoms with Crippen molar-refractivity contribution in [2.45, 2.75) is 42.1 Å². The number of nitrogens with two attached hydrogens (primary N) is 1. The van der Waals surface area contributed by atoms with Crippen molar-refractivity contribution >= 4 is 29.5 Å². The highest BCUT2D eigenvalue weighted by Crippen LogP contribution is 2.51.